The first-order valence-electron chi connectivity index (χ1n) is 5.72. The van der Waals surface area contributed by atoms with Crippen LogP contribution in [0, 0.1) is 13.8 Å². The summed E-state index contributed by atoms with van der Waals surface area (Å²) in [6, 6.07) is -0.318. The third-order valence-electron chi connectivity index (χ3n) is 2.72. The highest BCUT2D eigenvalue weighted by molar-refractivity contribution is 5.92. The van der Waals surface area contributed by atoms with Crippen molar-refractivity contribution in [1.82, 2.24) is 4.98 Å². The summed E-state index contributed by atoms with van der Waals surface area (Å²) in [7, 11) is 0. The fraction of sp³-hybridized carbons (Fsp3) is 0.583. The molecular weight excluding hydrogens is 220 g/mol. The summed E-state index contributed by atoms with van der Waals surface area (Å²) < 4.78 is 4.99. The van der Waals surface area contributed by atoms with Crippen molar-refractivity contribution >= 4 is 5.97 Å². The van der Waals surface area contributed by atoms with Crippen LogP contribution in [0.2, 0.25) is 0 Å². The number of aliphatic hydroxyl groups excluding tert-OH is 1. The molecule has 1 heterocycles. The summed E-state index contributed by atoms with van der Waals surface area (Å²) in [5.74, 6) is -0.317. The number of carbonyl (C=O) groups is 1. The fourth-order valence-corrected chi connectivity index (χ4v) is 1.86. The molecule has 96 valence electrons. The third-order valence-corrected chi connectivity index (χ3v) is 2.72. The maximum Gasteiger partial charge on any atom is 0.340 e. The number of esters is 1. The molecule has 1 aromatic rings. The number of H-pyrrole nitrogens is 1. The van der Waals surface area contributed by atoms with E-state index in [0.717, 1.165) is 17.0 Å². The predicted octanol–water partition coefficient (Wildman–Crippen LogP) is 0.670. The molecule has 0 amide bonds. The van der Waals surface area contributed by atoms with E-state index >= 15 is 0 Å². The van der Waals surface area contributed by atoms with Crippen molar-refractivity contribution in [3.8, 4) is 0 Å². The van der Waals surface area contributed by atoms with Gasteiger partial charge in [-0.2, -0.15) is 0 Å². The van der Waals surface area contributed by atoms with E-state index in [9.17, 15) is 4.79 Å². The number of nitrogens with two attached hydrogens (primary N) is 1. The number of nitrogens with one attached hydrogen (secondary N) is 1. The summed E-state index contributed by atoms with van der Waals surface area (Å²) in [6.45, 7) is 5.74. The summed E-state index contributed by atoms with van der Waals surface area (Å²) in [6.07, 6.45) is 0.516. The smallest absolute Gasteiger partial charge is 0.340 e. The Labute approximate surface area is 101 Å². The highest BCUT2D eigenvalue weighted by Gasteiger charge is 2.19. The second-order valence-electron chi connectivity index (χ2n) is 4.10. The Hall–Kier alpha value is -1.33. The number of aromatic nitrogens is 1. The second kappa shape index (κ2) is 5.84. The molecular formula is C12H20N2O3. The number of aryl methyl sites for hydroxylation is 1. The SMILES string of the molecule is CCOC(=O)c1c(C)[nH]c(CC(N)CO)c1C. The molecule has 1 unspecified atom stereocenters. The molecule has 0 aliphatic heterocycles. The Morgan fingerprint density at radius 1 is 1.53 bits per heavy atom. The number of ether oxygens (including phenoxy) is 1. The molecule has 0 saturated carbocycles. The molecule has 0 aliphatic carbocycles. The van der Waals surface area contributed by atoms with Crippen LogP contribution < -0.4 is 5.73 Å². The molecule has 4 N–H and O–H groups in total. The van der Waals surface area contributed by atoms with Crippen molar-refractivity contribution < 1.29 is 14.6 Å². The van der Waals surface area contributed by atoms with Gasteiger partial charge in [-0.3, -0.25) is 0 Å². The van der Waals surface area contributed by atoms with Gasteiger partial charge in [0.2, 0.25) is 0 Å². The van der Waals surface area contributed by atoms with Gasteiger partial charge >= 0.3 is 5.97 Å². The molecule has 1 atom stereocenters. The molecule has 5 nitrogen and oxygen atoms in total. The van der Waals surface area contributed by atoms with Gasteiger partial charge in [-0.15, -0.1) is 0 Å². The molecule has 0 aromatic carbocycles. The standard InChI is InChI=1S/C12H20N2O3/c1-4-17-12(16)11-7(2)10(14-8(11)3)5-9(13)6-15/h9,14-15H,4-6,13H2,1-3H3. The highest BCUT2D eigenvalue weighted by Crippen LogP contribution is 2.19. The molecule has 0 radical (unpaired) electrons. The molecule has 0 bridgehead atoms. The van der Waals surface area contributed by atoms with Crippen molar-refractivity contribution in [2.45, 2.75) is 33.2 Å². The van der Waals surface area contributed by atoms with Crippen molar-refractivity contribution in [2.24, 2.45) is 5.73 Å². The Morgan fingerprint density at radius 2 is 2.18 bits per heavy atom. The topological polar surface area (TPSA) is 88.3 Å². The monoisotopic (exact) mass is 240 g/mol. The molecule has 5 heteroatoms. The Kier molecular flexibility index (Phi) is 4.72. The Balaban J connectivity index is 2.97. The van der Waals surface area contributed by atoms with Crippen LogP contribution in [-0.4, -0.2) is 35.3 Å². The molecule has 0 saturated heterocycles. The van der Waals surface area contributed by atoms with Crippen molar-refractivity contribution in [3.63, 3.8) is 0 Å². The number of aliphatic hydroxyl groups is 1. The zero-order valence-electron chi connectivity index (χ0n) is 10.5. The van der Waals surface area contributed by atoms with E-state index in [1.807, 2.05) is 13.8 Å². The van der Waals surface area contributed by atoms with Crippen LogP contribution in [0.25, 0.3) is 0 Å². The van der Waals surface area contributed by atoms with Crippen molar-refractivity contribution in [3.05, 3.63) is 22.5 Å². The minimum Gasteiger partial charge on any atom is -0.462 e. The normalized spacial score (nSPS) is 12.5. The minimum absolute atomic E-state index is 0.0771. The van der Waals surface area contributed by atoms with Crippen LogP contribution in [-0.2, 0) is 11.2 Å². The number of carbonyl (C=O) groups excluding carboxylic acids is 1. The fourth-order valence-electron chi connectivity index (χ4n) is 1.86. The van der Waals surface area contributed by atoms with E-state index in [0.29, 0.717) is 18.6 Å². The number of hydrogen-bond donors (Lipinski definition) is 3. The van der Waals surface area contributed by atoms with Crippen LogP contribution in [0.1, 0.15) is 34.2 Å². The van der Waals surface area contributed by atoms with Crippen LogP contribution in [0.3, 0.4) is 0 Å². The van der Waals surface area contributed by atoms with Crippen LogP contribution >= 0.6 is 0 Å². The molecule has 0 aliphatic rings. The second-order valence-corrected chi connectivity index (χ2v) is 4.10. The van der Waals surface area contributed by atoms with Gasteiger partial charge in [0.05, 0.1) is 18.8 Å². The zero-order chi connectivity index (χ0) is 13.0. The van der Waals surface area contributed by atoms with Crippen LogP contribution in [0.5, 0.6) is 0 Å². The Bertz CT molecular complexity index is 399. The Morgan fingerprint density at radius 3 is 2.71 bits per heavy atom. The van der Waals surface area contributed by atoms with Gasteiger partial charge in [0.1, 0.15) is 0 Å². The largest absolute Gasteiger partial charge is 0.462 e. The van der Waals surface area contributed by atoms with Gasteiger partial charge in [-0.25, -0.2) is 4.79 Å². The van der Waals surface area contributed by atoms with E-state index in [-0.39, 0.29) is 18.6 Å². The van der Waals surface area contributed by atoms with Gasteiger partial charge in [-0.05, 0) is 26.3 Å². The van der Waals surface area contributed by atoms with Gasteiger partial charge in [0.25, 0.3) is 0 Å². The maximum atomic E-state index is 11.7. The first-order valence-corrected chi connectivity index (χ1v) is 5.72. The lowest BCUT2D eigenvalue weighted by atomic mass is 10.1. The van der Waals surface area contributed by atoms with Crippen molar-refractivity contribution in [2.75, 3.05) is 13.2 Å². The van der Waals surface area contributed by atoms with Gasteiger partial charge in [0.15, 0.2) is 0 Å². The van der Waals surface area contributed by atoms with Crippen molar-refractivity contribution in [1.29, 1.82) is 0 Å². The van der Waals surface area contributed by atoms with Crippen LogP contribution in [0.4, 0.5) is 0 Å². The number of rotatable bonds is 5. The molecule has 1 rings (SSSR count). The van der Waals surface area contributed by atoms with Gasteiger partial charge in [0, 0.05) is 23.9 Å². The minimum atomic E-state index is -0.318. The van der Waals surface area contributed by atoms with E-state index in [4.69, 9.17) is 15.6 Å². The molecule has 0 fully saturated rings. The summed E-state index contributed by atoms with van der Waals surface area (Å²) in [4.78, 5) is 14.9. The van der Waals surface area contributed by atoms with E-state index in [1.165, 1.54) is 0 Å². The zero-order valence-corrected chi connectivity index (χ0v) is 10.5. The molecule has 17 heavy (non-hydrogen) atoms. The van der Waals surface area contributed by atoms with E-state index < -0.39 is 0 Å². The average Bonchev–Trinajstić information content (AvgIpc) is 2.54. The maximum absolute atomic E-state index is 11.7. The van der Waals surface area contributed by atoms with Gasteiger partial charge < -0.3 is 20.6 Å². The average molecular weight is 240 g/mol. The third kappa shape index (κ3) is 3.08. The first-order chi connectivity index (χ1) is 8.01. The van der Waals surface area contributed by atoms with Gasteiger partial charge in [-0.1, -0.05) is 0 Å². The summed E-state index contributed by atoms with van der Waals surface area (Å²) in [5.41, 5.74) is 8.77. The summed E-state index contributed by atoms with van der Waals surface area (Å²) >= 11 is 0. The van der Waals surface area contributed by atoms with E-state index in [1.54, 1.807) is 6.92 Å². The highest BCUT2D eigenvalue weighted by atomic mass is 16.5. The quantitative estimate of drug-likeness (QED) is 0.660. The molecule has 0 spiro atoms. The number of aromatic amines is 1. The molecule has 1 aromatic heterocycles. The predicted molar refractivity (Wildman–Crippen MR) is 65.0 cm³/mol. The summed E-state index contributed by atoms with van der Waals surface area (Å²) in [5, 5.41) is 8.93. The van der Waals surface area contributed by atoms with Crippen LogP contribution in [0.15, 0.2) is 0 Å². The number of hydrogen-bond acceptors (Lipinski definition) is 4. The van der Waals surface area contributed by atoms with E-state index in [2.05, 4.69) is 4.98 Å². The first kappa shape index (κ1) is 13.7. The lowest BCUT2D eigenvalue weighted by Crippen LogP contribution is -2.27. The lowest BCUT2D eigenvalue weighted by Gasteiger charge is -2.07. The lowest BCUT2D eigenvalue weighted by molar-refractivity contribution is 0.0525.